The average molecular weight is 111 g/mol. The summed E-state index contributed by atoms with van der Waals surface area (Å²) in [5.74, 6) is 5.39. The third-order valence-electron chi connectivity index (χ3n) is 1.29. The van der Waals surface area contributed by atoms with Crippen molar-refractivity contribution in [1.29, 1.82) is 0 Å². The fourth-order valence-corrected chi connectivity index (χ4v) is 0.516. The van der Waals surface area contributed by atoms with Gasteiger partial charge in [-0.15, -0.1) is 0 Å². The molecule has 8 heavy (non-hydrogen) atoms. The molecule has 0 fully saturated rings. The molecule has 3 heteroatoms. The van der Waals surface area contributed by atoms with Crippen molar-refractivity contribution < 1.29 is 0 Å². The van der Waals surface area contributed by atoms with E-state index >= 15 is 0 Å². The van der Waals surface area contributed by atoms with Crippen LogP contribution in [0.3, 0.4) is 0 Å². The first-order chi connectivity index (χ1) is 3.72. The lowest BCUT2D eigenvalue weighted by Gasteiger charge is -1.91. The molecular formula is C5H9N3. The van der Waals surface area contributed by atoms with E-state index in [1.54, 1.807) is 6.33 Å². The summed E-state index contributed by atoms with van der Waals surface area (Å²) in [6.45, 7) is 3.86. The molecule has 0 aliphatic carbocycles. The Morgan fingerprint density at radius 1 is 1.62 bits per heavy atom. The normalized spacial score (nSPS) is 9.75. The van der Waals surface area contributed by atoms with Gasteiger partial charge in [0.25, 0.3) is 0 Å². The van der Waals surface area contributed by atoms with Crippen molar-refractivity contribution in [3.63, 3.8) is 0 Å². The number of rotatable bonds is 0. The summed E-state index contributed by atoms with van der Waals surface area (Å²) in [4.78, 5) is 3.95. The van der Waals surface area contributed by atoms with Gasteiger partial charge >= 0.3 is 0 Å². The smallest absolute Gasteiger partial charge is 0.114 e. The quantitative estimate of drug-likeness (QED) is 0.486. The Kier molecular flexibility index (Phi) is 0.970. The van der Waals surface area contributed by atoms with E-state index in [9.17, 15) is 0 Å². The number of aryl methyl sites for hydroxylation is 1. The van der Waals surface area contributed by atoms with Gasteiger partial charge in [0.05, 0.1) is 11.4 Å². The lowest BCUT2D eigenvalue weighted by molar-refractivity contribution is 0.948. The molecule has 0 saturated heterocycles. The summed E-state index contributed by atoms with van der Waals surface area (Å²) in [5, 5.41) is 0. The van der Waals surface area contributed by atoms with Gasteiger partial charge in [-0.1, -0.05) is 0 Å². The largest absolute Gasteiger partial charge is 0.338 e. The molecule has 0 bridgehead atoms. The van der Waals surface area contributed by atoms with Crippen molar-refractivity contribution >= 4 is 0 Å². The molecule has 0 atom stereocenters. The molecule has 44 valence electrons. The second kappa shape index (κ2) is 1.51. The summed E-state index contributed by atoms with van der Waals surface area (Å²) >= 11 is 0. The number of nitrogen functional groups attached to an aromatic ring is 1. The number of hydrogen-bond acceptors (Lipinski definition) is 2. The monoisotopic (exact) mass is 111 g/mol. The number of aromatic nitrogens is 2. The van der Waals surface area contributed by atoms with Crippen LogP contribution in [0.25, 0.3) is 0 Å². The van der Waals surface area contributed by atoms with Crippen LogP contribution in [0.1, 0.15) is 11.4 Å². The topological polar surface area (TPSA) is 43.8 Å². The van der Waals surface area contributed by atoms with Crippen LogP contribution in [0.2, 0.25) is 0 Å². The van der Waals surface area contributed by atoms with Crippen molar-refractivity contribution in [2.45, 2.75) is 13.8 Å². The summed E-state index contributed by atoms with van der Waals surface area (Å²) in [6.07, 6.45) is 1.60. The number of nitrogens with zero attached hydrogens (tertiary/aromatic N) is 2. The Morgan fingerprint density at radius 3 is 2.38 bits per heavy atom. The number of nitrogens with two attached hydrogens (primary N) is 1. The van der Waals surface area contributed by atoms with Gasteiger partial charge in [-0.2, -0.15) is 0 Å². The van der Waals surface area contributed by atoms with Crippen molar-refractivity contribution in [2.75, 3.05) is 5.84 Å². The van der Waals surface area contributed by atoms with E-state index in [0.29, 0.717) is 0 Å². The molecule has 1 aromatic rings. The summed E-state index contributed by atoms with van der Waals surface area (Å²) in [6, 6.07) is 0. The van der Waals surface area contributed by atoms with Gasteiger partial charge in [0.2, 0.25) is 0 Å². The third kappa shape index (κ3) is 0.559. The van der Waals surface area contributed by atoms with E-state index in [1.165, 1.54) is 4.68 Å². The maximum atomic E-state index is 5.39. The van der Waals surface area contributed by atoms with E-state index in [2.05, 4.69) is 4.98 Å². The molecule has 0 spiro atoms. The van der Waals surface area contributed by atoms with Crippen LogP contribution < -0.4 is 5.84 Å². The molecule has 1 aromatic heterocycles. The van der Waals surface area contributed by atoms with Crippen LogP contribution in [0.4, 0.5) is 0 Å². The highest BCUT2D eigenvalue weighted by Crippen LogP contribution is 1.97. The highest BCUT2D eigenvalue weighted by molar-refractivity contribution is 5.07. The van der Waals surface area contributed by atoms with Gasteiger partial charge in [-0.05, 0) is 13.8 Å². The van der Waals surface area contributed by atoms with Crippen LogP contribution in [0, 0.1) is 13.8 Å². The molecule has 2 N–H and O–H groups in total. The van der Waals surface area contributed by atoms with E-state index in [4.69, 9.17) is 5.84 Å². The van der Waals surface area contributed by atoms with Gasteiger partial charge in [-0.25, -0.2) is 4.98 Å². The number of imidazole rings is 1. The molecule has 0 aliphatic heterocycles. The predicted octanol–water partition coefficient (Wildman–Crippen LogP) is 0.214. The summed E-state index contributed by atoms with van der Waals surface area (Å²) < 4.78 is 1.51. The SMILES string of the molecule is Cc1ncn(N)c1C. The maximum absolute atomic E-state index is 5.39. The minimum Gasteiger partial charge on any atom is -0.338 e. The molecule has 1 heterocycles. The minimum atomic E-state index is 0.993. The van der Waals surface area contributed by atoms with E-state index in [1.807, 2.05) is 13.8 Å². The summed E-state index contributed by atoms with van der Waals surface area (Å²) in [7, 11) is 0. The van der Waals surface area contributed by atoms with Crippen LogP contribution in [-0.2, 0) is 0 Å². The average Bonchev–Trinajstić information content (AvgIpc) is 1.98. The second-order valence-corrected chi connectivity index (χ2v) is 1.82. The molecule has 0 unspecified atom stereocenters. The highest BCUT2D eigenvalue weighted by Gasteiger charge is 1.94. The molecular weight excluding hydrogens is 102 g/mol. The van der Waals surface area contributed by atoms with Crippen LogP contribution in [0.5, 0.6) is 0 Å². The first kappa shape index (κ1) is 5.15. The van der Waals surface area contributed by atoms with Crippen molar-refractivity contribution in [3.05, 3.63) is 17.7 Å². The zero-order valence-corrected chi connectivity index (χ0v) is 5.05. The third-order valence-corrected chi connectivity index (χ3v) is 1.29. The Hall–Kier alpha value is -0.990. The molecule has 3 nitrogen and oxygen atoms in total. The van der Waals surface area contributed by atoms with E-state index in [0.717, 1.165) is 11.4 Å². The Morgan fingerprint density at radius 2 is 2.25 bits per heavy atom. The second-order valence-electron chi connectivity index (χ2n) is 1.82. The highest BCUT2D eigenvalue weighted by atomic mass is 15.3. The molecule has 0 aliphatic rings. The fourth-order valence-electron chi connectivity index (χ4n) is 0.516. The van der Waals surface area contributed by atoms with Gasteiger partial charge in [-0.3, -0.25) is 4.68 Å². The Labute approximate surface area is 48.1 Å². The number of hydrogen-bond donors (Lipinski definition) is 1. The maximum Gasteiger partial charge on any atom is 0.114 e. The van der Waals surface area contributed by atoms with Gasteiger partial charge < -0.3 is 5.84 Å². The lowest BCUT2D eigenvalue weighted by atomic mass is 10.4. The first-order valence-electron chi connectivity index (χ1n) is 2.47. The summed E-state index contributed by atoms with van der Waals surface area (Å²) in [5.41, 5.74) is 2.01. The molecule has 0 saturated carbocycles. The zero-order chi connectivity index (χ0) is 6.15. The van der Waals surface area contributed by atoms with Crippen LogP contribution >= 0.6 is 0 Å². The standard InChI is InChI=1S/C5H9N3/c1-4-5(2)8(6)3-7-4/h3H,6H2,1-2H3. The van der Waals surface area contributed by atoms with Crippen molar-refractivity contribution in [1.82, 2.24) is 9.66 Å². The van der Waals surface area contributed by atoms with E-state index < -0.39 is 0 Å². The van der Waals surface area contributed by atoms with Gasteiger partial charge in [0.1, 0.15) is 6.33 Å². The van der Waals surface area contributed by atoms with Crippen LogP contribution in [-0.4, -0.2) is 9.66 Å². The predicted molar refractivity (Wildman–Crippen MR) is 31.9 cm³/mol. The fraction of sp³-hybridized carbons (Fsp3) is 0.400. The minimum absolute atomic E-state index is 0.993. The van der Waals surface area contributed by atoms with Crippen molar-refractivity contribution in [2.24, 2.45) is 0 Å². The van der Waals surface area contributed by atoms with E-state index in [-0.39, 0.29) is 0 Å². The molecule has 0 radical (unpaired) electrons. The van der Waals surface area contributed by atoms with Crippen molar-refractivity contribution in [3.8, 4) is 0 Å². The Balaban J connectivity index is 3.19. The molecule has 0 aromatic carbocycles. The lowest BCUT2D eigenvalue weighted by Crippen LogP contribution is -2.07. The van der Waals surface area contributed by atoms with Gasteiger partial charge in [0.15, 0.2) is 0 Å². The first-order valence-corrected chi connectivity index (χ1v) is 2.47. The van der Waals surface area contributed by atoms with Gasteiger partial charge in [0, 0.05) is 0 Å². The van der Waals surface area contributed by atoms with Crippen LogP contribution in [0.15, 0.2) is 6.33 Å². The molecule has 0 amide bonds. The Bertz CT molecular complexity index is 170. The zero-order valence-electron chi connectivity index (χ0n) is 5.05. The molecule has 1 rings (SSSR count).